The highest BCUT2D eigenvalue weighted by Gasteiger charge is 2.25. The van der Waals surface area contributed by atoms with Crippen molar-refractivity contribution < 1.29 is 14.2 Å². The summed E-state index contributed by atoms with van der Waals surface area (Å²) >= 11 is 0. The van der Waals surface area contributed by atoms with Gasteiger partial charge in [0.05, 0.1) is 6.10 Å². The third kappa shape index (κ3) is 3.46. The third-order valence-electron chi connectivity index (χ3n) is 4.07. The fourth-order valence-electron chi connectivity index (χ4n) is 2.83. The van der Waals surface area contributed by atoms with Gasteiger partial charge in [-0.05, 0) is 36.2 Å². The maximum absolute atomic E-state index is 14.2. The van der Waals surface area contributed by atoms with Crippen LogP contribution in [0.1, 0.15) is 23.5 Å². The molecule has 1 fully saturated rings. The van der Waals surface area contributed by atoms with Gasteiger partial charge in [-0.3, -0.25) is 0 Å². The molecule has 1 heterocycles. The topological polar surface area (TPSA) is 41.5 Å². The van der Waals surface area contributed by atoms with Gasteiger partial charge in [-0.1, -0.05) is 36.4 Å². The van der Waals surface area contributed by atoms with E-state index in [0.717, 1.165) is 24.1 Å². The fourth-order valence-corrected chi connectivity index (χ4v) is 2.83. The van der Waals surface area contributed by atoms with Gasteiger partial charge in [-0.25, -0.2) is 4.39 Å². The zero-order chi connectivity index (χ0) is 15.4. The molecule has 0 amide bonds. The minimum Gasteiger partial charge on any atom is -0.486 e. The first-order valence-corrected chi connectivity index (χ1v) is 7.59. The Hall–Kier alpha value is -1.91. The lowest BCUT2D eigenvalue weighted by molar-refractivity contribution is 0.118. The van der Waals surface area contributed by atoms with E-state index in [-0.39, 0.29) is 17.5 Å². The van der Waals surface area contributed by atoms with Gasteiger partial charge in [0.2, 0.25) is 0 Å². The molecule has 2 aromatic rings. The Morgan fingerprint density at radius 2 is 2.00 bits per heavy atom. The Morgan fingerprint density at radius 3 is 2.73 bits per heavy atom. The minimum absolute atomic E-state index is 0.0149. The van der Waals surface area contributed by atoms with Crippen LogP contribution in [-0.4, -0.2) is 24.3 Å². The van der Waals surface area contributed by atoms with Gasteiger partial charge in [0, 0.05) is 12.5 Å². The summed E-state index contributed by atoms with van der Waals surface area (Å²) in [6.07, 6.45) is 0.342. The van der Waals surface area contributed by atoms with Gasteiger partial charge in [-0.2, -0.15) is 0 Å². The molecule has 0 unspecified atom stereocenters. The molecule has 1 aliphatic heterocycles. The SMILES string of the molecule is O[C@H]1CNCC[C@@H]1c1ccc(OCc2ccccc2)c(F)c1. The Labute approximate surface area is 129 Å². The number of β-amino-alcohol motifs (C(OH)–C–C–N with tert-alkyl or cyclic N) is 1. The summed E-state index contributed by atoms with van der Waals surface area (Å²) in [7, 11) is 0. The van der Waals surface area contributed by atoms with Crippen molar-refractivity contribution in [2.45, 2.75) is 25.0 Å². The number of hydrogen-bond donors (Lipinski definition) is 2. The Kier molecular flexibility index (Phi) is 4.71. The van der Waals surface area contributed by atoms with Gasteiger partial charge < -0.3 is 15.2 Å². The number of aliphatic hydroxyl groups is 1. The summed E-state index contributed by atoms with van der Waals surface area (Å²) in [5.74, 6) is -0.144. The summed E-state index contributed by atoms with van der Waals surface area (Å²) < 4.78 is 19.8. The highest BCUT2D eigenvalue weighted by Crippen LogP contribution is 2.29. The normalized spacial score (nSPS) is 21.5. The second kappa shape index (κ2) is 6.90. The number of benzene rings is 2. The predicted octanol–water partition coefficient (Wildman–Crippen LogP) is 2.84. The van der Waals surface area contributed by atoms with Crippen molar-refractivity contribution in [3.05, 3.63) is 65.5 Å². The molecule has 22 heavy (non-hydrogen) atoms. The molecule has 3 nitrogen and oxygen atoms in total. The van der Waals surface area contributed by atoms with Crippen LogP contribution in [-0.2, 0) is 6.61 Å². The van der Waals surface area contributed by atoms with Gasteiger partial charge in [0.25, 0.3) is 0 Å². The largest absolute Gasteiger partial charge is 0.486 e. The van der Waals surface area contributed by atoms with Gasteiger partial charge in [0.15, 0.2) is 11.6 Å². The number of aliphatic hydroxyl groups excluding tert-OH is 1. The fraction of sp³-hybridized carbons (Fsp3) is 0.333. The lowest BCUT2D eigenvalue weighted by atomic mass is 9.88. The molecule has 1 aliphatic rings. The van der Waals surface area contributed by atoms with Crippen molar-refractivity contribution in [3.63, 3.8) is 0 Å². The zero-order valence-electron chi connectivity index (χ0n) is 12.3. The molecule has 0 aliphatic carbocycles. The van der Waals surface area contributed by atoms with E-state index in [2.05, 4.69) is 5.32 Å². The van der Waals surface area contributed by atoms with Gasteiger partial charge in [0.1, 0.15) is 6.61 Å². The summed E-state index contributed by atoms with van der Waals surface area (Å²) in [5.41, 5.74) is 1.83. The van der Waals surface area contributed by atoms with Crippen molar-refractivity contribution in [2.75, 3.05) is 13.1 Å². The summed E-state index contributed by atoms with van der Waals surface area (Å²) in [5, 5.41) is 13.1. The van der Waals surface area contributed by atoms with Crippen molar-refractivity contribution in [1.82, 2.24) is 5.32 Å². The molecular formula is C18H20FNO2. The molecule has 4 heteroatoms. The Balaban J connectivity index is 1.69. The Morgan fingerprint density at radius 1 is 1.18 bits per heavy atom. The van der Waals surface area contributed by atoms with E-state index in [1.165, 1.54) is 6.07 Å². The highest BCUT2D eigenvalue weighted by molar-refractivity contribution is 5.32. The number of hydrogen-bond acceptors (Lipinski definition) is 3. The monoisotopic (exact) mass is 301 g/mol. The molecule has 2 atom stereocenters. The van der Waals surface area contributed by atoms with Crippen molar-refractivity contribution in [3.8, 4) is 5.75 Å². The molecule has 0 saturated carbocycles. The van der Waals surface area contributed by atoms with Crippen LogP contribution in [0, 0.1) is 5.82 Å². The van der Waals surface area contributed by atoms with E-state index in [1.54, 1.807) is 6.07 Å². The quantitative estimate of drug-likeness (QED) is 0.912. The van der Waals surface area contributed by atoms with E-state index < -0.39 is 6.10 Å². The van der Waals surface area contributed by atoms with Crippen molar-refractivity contribution >= 4 is 0 Å². The smallest absolute Gasteiger partial charge is 0.165 e. The molecule has 2 aromatic carbocycles. The standard InChI is InChI=1S/C18H20FNO2/c19-16-10-14(15-8-9-20-11-17(15)21)6-7-18(16)22-12-13-4-2-1-3-5-13/h1-7,10,15,17,20-21H,8-9,11-12H2/t15-,17+/m1/s1. The zero-order valence-corrected chi connectivity index (χ0v) is 12.3. The number of nitrogens with one attached hydrogen (secondary N) is 1. The van der Waals surface area contributed by atoms with E-state index in [9.17, 15) is 9.50 Å². The molecule has 0 bridgehead atoms. The Bertz CT molecular complexity index is 618. The molecule has 116 valence electrons. The van der Waals surface area contributed by atoms with E-state index in [0.29, 0.717) is 13.2 Å². The van der Waals surface area contributed by atoms with E-state index in [1.807, 2.05) is 36.4 Å². The predicted molar refractivity (Wildman–Crippen MR) is 83.4 cm³/mol. The first kappa shape index (κ1) is 15.0. The number of piperidine rings is 1. The number of rotatable bonds is 4. The number of ether oxygens (including phenoxy) is 1. The maximum Gasteiger partial charge on any atom is 0.165 e. The second-order valence-electron chi connectivity index (χ2n) is 5.63. The van der Waals surface area contributed by atoms with Crippen molar-refractivity contribution in [1.29, 1.82) is 0 Å². The molecule has 0 radical (unpaired) electrons. The van der Waals surface area contributed by atoms with Gasteiger partial charge >= 0.3 is 0 Å². The molecule has 3 rings (SSSR count). The summed E-state index contributed by atoms with van der Waals surface area (Å²) in [4.78, 5) is 0. The van der Waals surface area contributed by atoms with Gasteiger partial charge in [-0.15, -0.1) is 0 Å². The molecule has 1 saturated heterocycles. The lowest BCUT2D eigenvalue weighted by Crippen LogP contribution is -2.39. The van der Waals surface area contributed by atoms with E-state index in [4.69, 9.17) is 4.74 Å². The molecule has 2 N–H and O–H groups in total. The molecule has 0 spiro atoms. The average Bonchev–Trinajstić information content (AvgIpc) is 2.55. The number of halogens is 1. The minimum atomic E-state index is -0.468. The first-order chi connectivity index (χ1) is 10.7. The summed E-state index contributed by atoms with van der Waals surface area (Å²) in [6.45, 7) is 1.74. The molecule has 0 aromatic heterocycles. The van der Waals surface area contributed by atoms with Crippen LogP contribution in [0.2, 0.25) is 0 Å². The summed E-state index contributed by atoms with van der Waals surface area (Å²) in [6, 6.07) is 14.7. The van der Waals surface area contributed by atoms with Crippen LogP contribution in [0.15, 0.2) is 48.5 Å². The maximum atomic E-state index is 14.2. The lowest BCUT2D eigenvalue weighted by Gasteiger charge is -2.28. The third-order valence-corrected chi connectivity index (χ3v) is 4.07. The van der Waals surface area contributed by atoms with Crippen LogP contribution >= 0.6 is 0 Å². The van der Waals surface area contributed by atoms with Crippen LogP contribution in [0.25, 0.3) is 0 Å². The average molecular weight is 301 g/mol. The molecular weight excluding hydrogens is 281 g/mol. The van der Waals surface area contributed by atoms with E-state index >= 15 is 0 Å². The second-order valence-corrected chi connectivity index (χ2v) is 5.63. The van der Waals surface area contributed by atoms with Crippen LogP contribution in [0.4, 0.5) is 4.39 Å². The van der Waals surface area contributed by atoms with Crippen LogP contribution in [0.3, 0.4) is 0 Å². The van der Waals surface area contributed by atoms with Crippen molar-refractivity contribution in [2.24, 2.45) is 0 Å². The van der Waals surface area contributed by atoms with Crippen LogP contribution in [0.5, 0.6) is 5.75 Å². The first-order valence-electron chi connectivity index (χ1n) is 7.59. The van der Waals surface area contributed by atoms with Crippen LogP contribution < -0.4 is 10.1 Å². The highest BCUT2D eigenvalue weighted by atomic mass is 19.1.